The van der Waals surface area contributed by atoms with Crippen LogP contribution in [0.5, 0.6) is 0 Å². The van der Waals surface area contributed by atoms with Crippen LogP contribution in [0.2, 0.25) is 0 Å². The largest absolute Gasteiger partial charge is 0.339 e. The fourth-order valence-corrected chi connectivity index (χ4v) is 3.15. The predicted molar refractivity (Wildman–Crippen MR) is 107 cm³/mol. The number of carbonyl (C=O) groups excluding carboxylic acids is 1. The fraction of sp³-hybridized carbons (Fsp3) is 0.727. The van der Waals surface area contributed by atoms with Gasteiger partial charge in [-0.1, -0.05) is 78.1 Å². The molecule has 3 nitrogen and oxygen atoms in total. The average Bonchev–Trinajstić information content (AvgIpc) is 2.65. The highest BCUT2D eigenvalue weighted by Crippen LogP contribution is 2.11. The van der Waals surface area contributed by atoms with Gasteiger partial charge in [0.2, 0.25) is 0 Å². The number of hydrogen-bond donors (Lipinski definition) is 0. The highest BCUT2D eigenvalue weighted by atomic mass is 16.2. The van der Waals surface area contributed by atoms with E-state index in [1.807, 2.05) is 12.1 Å². The van der Waals surface area contributed by atoms with Crippen LogP contribution in [-0.4, -0.2) is 28.9 Å². The van der Waals surface area contributed by atoms with E-state index in [0.29, 0.717) is 0 Å². The molecule has 0 aromatic carbocycles. The summed E-state index contributed by atoms with van der Waals surface area (Å²) in [6.07, 6.45) is 18.6. The maximum atomic E-state index is 12.8. The number of rotatable bonds is 15. The van der Waals surface area contributed by atoms with Crippen LogP contribution in [0, 0.1) is 0 Å². The van der Waals surface area contributed by atoms with E-state index >= 15 is 0 Å². The monoisotopic (exact) mass is 346 g/mol. The first-order valence-electron chi connectivity index (χ1n) is 10.5. The summed E-state index contributed by atoms with van der Waals surface area (Å²) in [6, 6.07) is 3.73. The molecule has 1 heterocycles. The van der Waals surface area contributed by atoms with Gasteiger partial charge in [0.15, 0.2) is 0 Å². The molecule has 0 unspecified atom stereocenters. The van der Waals surface area contributed by atoms with E-state index in [1.54, 1.807) is 12.4 Å². The number of amides is 1. The number of carbonyl (C=O) groups is 1. The Morgan fingerprint density at radius 2 is 1.36 bits per heavy atom. The molecule has 0 aliphatic heterocycles. The third kappa shape index (κ3) is 10.3. The molecule has 0 saturated carbocycles. The molecule has 0 radical (unpaired) electrons. The first-order chi connectivity index (χ1) is 12.3. The van der Waals surface area contributed by atoms with Gasteiger partial charge in [-0.3, -0.25) is 9.78 Å². The third-order valence-corrected chi connectivity index (χ3v) is 4.76. The number of unbranched alkanes of at least 4 members (excludes halogenated alkanes) is 10. The van der Waals surface area contributed by atoms with Crippen LogP contribution >= 0.6 is 0 Å². The summed E-state index contributed by atoms with van der Waals surface area (Å²) in [7, 11) is 0. The average molecular weight is 347 g/mol. The van der Waals surface area contributed by atoms with Crippen LogP contribution in [0.15, 0.2) is 24.5 Å². The Kier molecular flexibility index (Phi) is 12.9. The molecule has 0 N–H and O–H groups in total. The van der Waals surface area contributed by atoms with Crippen molar-refractivity contribution in [1.82, 2.24) is 9.88 Å². The molecule has 0 aliphatic carbocycles. The Labute approximate surface area is 155 Å². The van der Waals surface area contributed by atoms with E-state index in [9.17, 15) is 4.79 Å². The molecular weight excluding hydrogens is 308 g/mol. The third-order valence-electron chi connectivity index (χ3n) is 4.76. The fourth-order valence-electron chi connectivity index (χ4n) is 3.15. The lowest BCUT2D eigenvalue weighted by molar-refractivity contribution is 0.0748. The lowest BCUT2D eigenvalue weighted by Gasteiger charge is -2.23. The highest BCUT2D eigenvalue weighted by molar-refractivity contribution is 5.93. The zero-order valence-corrected chi connectivity index (χ0v) is 16.5. The van der Waals surface area contributed by atoms with Crippen LogP contribution < -0.4 is 0 Å². The van der Waals surface area contributed by atoms with E-state index in [1.165, 1.54) is 64.2 Å². The van der Waals surface area contributed by atoms with Crippen LogP contribution in [0.25, 0.3) is 0 Å². The molecule has 1 rings (SSSR count). The summed E-state index contributed by atoms with van der Waals surface area (Å²) in [6.45, 7) is 6.26. The van der Waals surface area contributed by atoms with E-state index < -0.39 is 0 Å². The Morgan fingerprint density at radius 1 is 0.840 bits per heavy atom. The summed E-state index contributed by atoms with van der Waals surface area (Å²) in [5, 5.41) is 0. The maximum Gasteiger partial charge on any atom is 0.255 e. The van der Waals surface area contributed by atoms with Crippen LogP contribution in [0.1, 0.15) is 101 Å². The molecule has 142 valence electrons. The van der Waals surface area contributed by atoms with Crippen molar-refractivity contribution in [3.05, 3.63) is 30.1 Å². The van der Waals surface area contributed by atoms with Crippen molar-refractivity contribution in [2.75, 3.05) is 13.1 Å². The lowest BCUT2D eigenvalue weighted by Crippen LogP contribution is -2.33. The highest BCUT2D eigenvalue weighted by Gasteiger charge is 2.15. The second-order valence-electron chi connectivity index (χ2n) is 7.07. The van der Waals surface area contributed by atoms with E-state index in [4.69, 9.17) is 0 Å². The Balaban J connectivity index is 2.39. The van der Waals surface area contributed by atoms with Gasteiger partial charge in [-0.05, 0) is 25.0 Å². The molecule has 0 bridgehead atoms. The van der Waals surface area contributed by atoms with E-state index in [0.717, 1.165) is 31.5 Å². The van der Waals surface area contributed by atoms with Crippen molar-refractivity contribution in [3.8, 4) is 0 Å². The molecule has 1 amide bonds. The first-order valence-corrected chi connectivity index (χ1v) is 10.5. The molecular formula is C22H38N2O. The summed E-state index contributed by atoms with van der Waals surface area (Å²) < 4.78 is 0. The van der Waals surface area contributed by atoms with E-state index in [2.05, 4.69) is 23.7 Å². The Bertz CT molecular complexity index is 417. The second-order valence-corrected chi connectivity index (χ2v) is 7.07. The minimum atomic E-state index is 0.148. The predicted octanol–water partition coefficient (Wildman–Crippen LogP) is 6.24. The summed E-state index contributed by atoms with van der Waals surface area (Å²) >= 11 is 0. The Hall–Kier alpha value is -1.38. The molecule has 1 aromatic heterocycles. The minimum Gasteiger partial charge on any atom is -0.339 e. The van der Waals surface area contributed by atoms with Gasteiger partial charge in [-0.2, -0.15) is 0 Å². The Morgan fingerprint density at radius 3 is 1.84 bits per heavy atom. The first kappa shape index (κ1) is 21.7. The zero-order chi connectivity index (χ0) is 18.2. The number of pyridine rings is 1. The van der Waals surface area contributed by atoms with Crippen LogP contribution in [-0.2, 0) is 0 Å². The molecule has 3 heteroatoms. The summed E-state index contributed by atoms with van der Waals surface area (Å²) in [5.74, 6) is 0.148. The van der Waals surface area contributed by atoms with Crippen molar-refractivity contribution in [2.45, 2.75) is 90.9 Å². The van der Waals surface area contributed by atoms with Gasteiger partial charge in [-0.25, -0.2) is 0 Å². The van der Waals surface area contributed by atoms with Gasteiger partial charge in [0.05, 0.1) is 5.56 Å². The number of hydrogen-bond acceptors (Lipinski definition) is 2. The van der Waals surface area contributed by atoms with Crippen molar-refractivity contribution in [1.29, 1.82) is 0 Å². The second kappa shape index (κ2) is 14.9. The molecule has 1 aromatic rings. The van der Waals surface area contributed by atoms with Gasteiger partial charge in [-0.15, -0.1) is 0 Å². The minimum absolute atomic E-state index is 0.148. The van der Waals surface area contributed by atoms with Gasteiger partial charge < -0.3 is 4.90 Å². The molecule has 0 atom stereocenters. The summed E-state index contributed by atoms with van der Waals surface area (Å²) in [4.78, 5) is 18.9. The van der Waals surface area contributed by atoms with Gasteiger partial charge in [0.1, 0.15) is 0 Å². The van der Waals surface area contributed by atoms with Gasteiger partial charge in [0, 0.05) is 25.5 Å². The van der Waals surface area contributed by atoms with Crippen molar-refractivity contribution in [2.24, 2.45) is 0 Å². The molecule has 0 spiro atoms. The molecule has 0 saturated heterocycles. The van der Waals surface area contributed by atoms with Gasteiger partial charge in [0.25, 0.3) is 5.91 Å². The normalized spacial score (nSPS) is 10.8. The number of aromatic nitrogens is 1. The number of nitrogens with zero attached hydrogens (tertiary/aromatic N) is 2. The van der Waals surface area contributed by atoms with Crippen molar-refractivity contribution >= 4 is 5.91 Å². The zero-order valence-electron chi connectivity index (χ0n) is 16.5. The van der Waals surface area contributed by atoms with Crippen molar-refractivity contribution in [3.63, 3.8) is 0 Å². The van der Waals surface area contributed by atoms with Crippen molar-refractivity contribution < 1.29 is 4.79 Å². The lowest BCUT2D eigenvalue weighted by atomic mass is 10.1. The standard InChI is InChI=1S/C22H38N2O/c1-3-5-7-9-11-13-18-24(19-14-12-10-8-6-4-2)22(25)21-16-15-17-23-20-21/h15-17,20H,3-14,18-19H2,1-2H3. The van der Waals surface area contributed by atoms with Crippen LogP contribution in [0.3, 0.4) is 0 Å². The molecule has 25 heavy (non-hydrogen) atoms. The van der Waals surface area contributed by atoms with Crippen LogP contribution in [0.4, 0.5) is 0 Å². The van der Waals surface area contributed by atoms with Gasteiger partial charge >= 0.3 is 0 Å². The summed E-state index contributed by atoms with van der Waals surface area (Å²) in [5.41, 5.74) is 0.722. The topological polar surface area (TPSA) is 33.2 Å². The molecule has 0 fully saturated rings. The van der Waals surface area contributed by atoms with E-state index in [-0.39, 0.29) is 5.91 Å². The maximum absolute atomic E-state index is 12.8. The SMILES string of the molecule is CCCCCCCCN(CCCCCCCC)C(=O)c1cccnc1. The smallest absolute Gasteiger partial charge is 0.255 e. The quantitative estimate of drug-likeness (QED) is 0.352. The molecule has 0 aliphatic rings.